The van der Waals surface area contributed by atoms with Crippen LogP contribution in [0.1, 0.15) is 16.1 Å². The second kappa shape index (κ2) is 14.4. The molecule has 0 aliphatic rings. The molecule has 5 aromatic rings. The van der Waals surface area contributed by atoms with Gasteiger partial charge in [0.1, 0.15) is 22.6 Å². The smallest absolute Gasteiger partial charge is 0.358 e. The summed E-state index contributed by atoms with van der Waals surface area (Å²) in [5, 5.41) is 0.261. The minimum absolute atomic E-state index is 0.0152. The second-order valence-electron chi connectivity index (χ2n) is 8.56. The summed E-state index contributed by atoms with van der Waals surface area (Å²) >= 11 is 23.4. The highest BCUT2D eigenvalue weighted by molar-refractivity contribution is 6.36. The number of hydrogen-bond acceptors (Lipinski definition) is 7. The molecule has 0 radical (unpaired) electrons. The van der Waals surface area contributed by atoms with E-state index in [1.165, 1.54) is 25.3 Å². The van der Waals surface area contributed by atoms with E-state index < -0.39 is 39.7 Å². The number of nitrogens with two attached hydrogens (primary N) is 1. The number of hydrogen-bond donors (Lipinski definition) is 1. The first-order valence-electron chi connectivity index (χ1n) is 12.2. The Morgan fingerprint density at radius 2 is 1.44 bits per heavy atom. The number of anilines is 1. The number of aromatic nitrogens is 3. The highest BCUT2D eigenvalue weighted by atomic mass is 35.5. The van der Waals surface area contributed by atoms with Crippen molar-refractivity contribution in [2.24, 2.45) is 0 Å². The maximum Gasteiger partial charge on any atom is 0.358 e. The molecule has 13 heteroatoms. The number of carbonyl (C=O) groups excluding carboxylic acids is 1. The Labute approximate surface area is 265 Å². The molecule has 0 saturated carbocycles. The summed E-state index contributed by atoms with van der Waals surface area (Å²) in [5.41, 5.74) is 5.48. The standard InChI is InChI=1S/C20H14Cl2F2N2O3.C10H6Cl2N2/c1-28-19-12(21)8-7-11(14(19)23)17-15(24)16(25)13(22)18(26-17)20(27)29-9-10-5-3-2-4-6-10;11-8-6-9(12)14-10(13-8)7-4-2-1-3-5-7/h2-8H,9H2,1H3,(H2,25,26);1-6H. The van der Waals surface area contributed by atoms with Crippen molar-refractivity contribution in [2.75, 3.05) is 12.8 Å². The van der Waals surface area contributed by atoms with Crippen molar-refractivity contribution in [2.45, 2.75) is 6.61 Å². The van der Waals surface area contributed by atoms with Crippen LogP contribution < -0.4 is 10.5 Å². The summed E-state index contributed by atoms with van der Waals surface area (Å²) in [6.07, 6.45) is 0. The molecule has 0 saturated heterocycles. The van der Waals surface area contributed by atoms with E-state index in [-0.39, 0.29) is 22.9 Å². The Hall–Kier alpha value is -4.02. The first-order valence-corrected chi connectivity index (χ1v) is 13.7. The van der Waals surface area contributed by atoms with Gasteiger partial charge in [0.05, 0.1) is 22.8 Å². The number of nitrogen functional groups attached to an aromatic ring is 1. The highest BCUT2D eigenvalue weighted by Crippen LogP contribution is 2.38. The van der Waals surface area contributed by atoms with Crippen LogP contribution in [-0.4, -0.2) is 28.0 Å². The summed E-state index contributed by atoms with van der Waals surface area (Å²) in [6.45, 7) is -0.0621. The number of nitrogens with zero attached hydrogens (tertiary/aromatic N) is 3. The molecule has 2 N–H and O–H groups in total. The van der Waals surface area contributed by atoms with Gasteiger partial charge < -0.3 is 15.2 Å². The topological polar surface area (TPSA) is 100 Å². The Bertz CT molecular complexity index is 1740. The quantitative estimate of drug-likeness (QED) is 0.143. The minimum Gasteiger partial charge on any atom is -0.492 e. The van der Waals surface area contributed by atoms with Crippen molar-refractivity contribution in [1.82, 2.24) is 15.0 Å². The molecule has 0 bridgehead atoms. The van der Waals surface area contributed by atoms with Crippen LogP contribution in [0.15, 0.2) is 78.9 Å². The van der Waals surface area contributed by atoms with Crippen molar-refractivity contribution >= 4 is 58.1 Å². The first-order chi connectivity index (χ1) is 20.6. The molecule has 43 heavy (non-hydrogen) atoms. The zero-order valence-electron chi connectivity index (χ0n) is 22.1. The molecule has 2 aromatic heterocycles. The monoisotopic (exact) mass is 662 g/mol. The van der Waals surface area contributed by atoms with E-state index in [1.807, 2.05) is 36.4 Å². The van der Waals surface area contributed by atoms with Gasteiger partial charge in [-0.2, -0.15) is 0 Å². The highest BCUT2D eigenvalue weighted by Gasteiger charge is 2.26. The fourth-order valence-corrected chi connectivity index (χ4v) is 4.52. The van der Waals surface area contributed by atoms with Gasteiger partial charge in [-0.1, -0.05) is 107 Å². The van der Waals surface area contributed by atoms with Gasteiger partial charge in [-0.25, -0.2) is 28.5 Å². The number of rotatable bonds is 6. The van der Waals surface area contributed by atoms with E-state index >= 15 is 0 Å². The van der Waals surface area contributed by atoms with E-state index in [0.717, 1.165) is 11.1 Å². The van der Waals surface area contributed by atoms with E-state index in [9.17, 15) is 13.6 Å². The average molecular weight is 664 g/mol. The Morgan fingerprint density at radius 3 is 2.05 bits per heavy atom. The maximum absolute atomic E-state index is 14.7. The molecule has 0 aliphatic carbocycles. The van der Waals surface area contributed by atoms with Crippen LogP contribution in [0.4, 0.5) is 14.5 Å². The van der Waals surface area contributed by atoms with Gasteiger partial charge in [-0.15, -0.1) is 0 Å². The fraction of sp³-hybridized carbons (Fsp3) is 0.0667. The van der Waals surface area contributed by atoms with Crippen molar-refractivity contribution in [1.29, 1.82) is 0 Å². The third-order valence-corrected chi connectivity index (χ3v) is 6.79. The number of esters is 1. The molecule has 2 heterocycles. The molecule has 0 aliphatic heterocycles. The number of benzene rings is 3. The van der Waals surface area contributed by atoms with E-state index in [4.69, 9.17) is 61.6 Å². The summed E-state index contributed by atoms with van der Waals surface area (Å²) in [5.74, 6) is -2.74. The molecule has 3 aromatic carbocycles. The molecule has 5 rings (SSSR count). The van der Waals surface area contributed by atoms with Gasteiger partial charge in [0.25, 0.3) is 0 Å². The van der Waals surface area contributed by atoms with Gasteiger partial charge in [0, 0.05) is 17.2 Å². The minimum atomic E-state index is -1.09. The molecule has 0 unspecified atom stereocenters. The van der Waals surface area contributed by atoms with Crippen molar-refractivity contribution < 1.29 is 23.0 Å². The van der Waals surface area contributed by atoms with E-state index in [0.29, 0.717) is 16.1 Å². The van der Waals surface area contributed by atoms with Crippen LogP contribution in [0.5, 0.6) is 5.75 Å². The number of methoxy groups -OCH3 is 1. The van der Waals surface area contributed by atoms with Crippen molar-refractivity contribution in [3.63, 3.8) is 0 Å². The van der Waals surface area contributed by atoms with Gasteiger partial charge in [0.15, 0.2) is 28.9 Å². The summed E-state index contributed by atoms with van der Waals surface area (Å²) in [4.78, 5) is 24.5. The lowest BCUT2D eigenvalue weighted by Gasteiger charge is -2.13. The molecule has 0 fully saturated rings. The lowest BCUT2D eigenvalue weighted by atomic mass is 10.1. The zero-order valence-corrected chi connectivity index (χ0v) is 25.1. The third-order valence-electron chi connectivity index (χ3n) is 5.72. The third kappa shape index (κ3) is 7.69. The number of ether oxygens (including phenoxy) is 2. The summed E-state index contributed by atoms with van der Waals surface area (Å²) < 4.78 is 39.5. The maximum atomic E-state index is 14.7. The summed E-state index contributed by atoms with van der Waals surface area (Å²) in [6, 6.07) is 22.4. The van der Waals surface area contributed by atoms with Crippen molar-refractivity contribution in [3.05, 3.63) is 122 Å². The lowest BCUT2D eigenvalue weighted by molar-refractivity contribution is 0.0466. The molecule has 0 amide bonds. The molecule has 0 spiro atoms. The zero-order chi connectivity index (χ0) is 31.1. The number of halogens is 6. The van der Waals surface area contributed by atoms with E-state index in [1.54, 1.807) is 24.3 Å². The SMILES string of the molecule is COc1c(Cl)ccc(-c2nc(C(=O)OCc3ccccc3)c(Cl)c(N)c2F)c1F.Clc1cc(Cl)nc(-c2ccccc2)n1. The Kier molecular flexibility index (Phi) is 10.7. The number of pyridine rings is 1. The molecule has 220 valence electrons. The molecular formula is C30H20Cl4F2N4O3. The predicted octanol–water partition coefficient (Wildman–Crippen LogP) is 8.73. The van der Waals surface area contributed by atoms with E-state index in [2.05, 4.69) is 15.0 Å². The molecular weight excluding hydrogens is 644 g/mol. The normalized spacial score (nSPS) is 10.5. The van der Waals surface area contributed by atoms with Crippen LogP contribution in [-0.2, 0) is 11.3 Å². The van der Waals surface area contributed by atoms with Crippen LogP contribution in [0, 0.1) is 11.6 Å². The number of carbonyl (C=O) groups is 1. The first kappa shape index (κ1) is 31.9. The van der Waals surface area contributed by atoms with Gasteiger partial charge in [-0.3, -0.25) is 0 Å². The molecule has 0 atom stereocenters. The van der Waals surface area contributed by atoms with Gasteiger partial charge >= 0.3 is 5.97 Å². The lowest BCUT2D eigenvalue weighted by Crippen LogP contribution is -2.12. The van der Waals surface area contributed by atoms with Crippen LogP contribution in [0.3, 0.4) is 0 Å². The largest absolute Gasteiger partial charge is 0.492 e. The average Bonchev–Trinajstić information content (AvgIpc) is 3.00. The van der Waals surface area contributed by atoms with Gasteiger partial charge in [-0.05, 0) is 17.7 Å². The fourth-order valence-electron chi connectivity index (χ4n) is 3.68. The molecule has 7 nitrogen and oxygen atoms in total. The van der Waals surface area contributed by atoms with Crippen LogP contribution in [0.25, 0.3) is 22.6 Å². The van der Waals surface area contributed by atoms with Crippen LogP contribution in [0.2, 0.25) is 20.4 Å². The Balaban J connectivity index is 0.000000251. The second-order valence-corrected chi connectivity index (χ2v) is 10.1. The predicted molar refractivity (Wildman–Crippen MR) is 164 cm³/mol. The Morgan fingerprint density at radius 1 is 0.837 bits per heavy atom. The van der Waals surface area contributed by atoms with Crippen molar-refractivity contribution in [3.8, 4) is 28.4 Å². The summed E-state index contributed by atoms with van der Waals surface area (Å²) in [7, 11) is 1.21. The van der Waals surface area contributed by atoms with Gasteiger partial charge in [0.2, 0.25) is 0 Å². The van der Waals surface area contributed by atoms with Crippen LogP contribution >= 0.6 is 46.4 Å².